The van der Waals surface area contributed by atoms with Crippen molar-refractivity contribution in [2.45, 2.75) is 38.3 Å². The van der Waals surface area contributed by atoms with Crippen molar-refractivity contribution in [1.29, 1.82) is 0 Å². The number of carbonyl (C=O) groups excluding carboxylic acids is 1. The van der Waals surface area contributed by atoms with Crippen molar-refractivity contribution in [1.82, 2.24) is 0 Å². The minimum atomic E-state index is -4.13. The Morgan fingerprint density at radius 3 is 2.29 bits per heavy atom. The van der Waals surface area contributed by atoms with Crippen LogP contribution < -0.4 is 5.73 Å². The highest BCUT2D eigenvalue weighted by Crippen LogP contribution is 2.46. The number of nitrogens with two attached hydrogens (primary N) is 1. The Bertz CT molecular complexity index is 270. The molecule has 1 rings (SSSR count). The van der Waals surface area contributed by atoms with Crippen LogP contribution in [-0.2, 0) is 9.53 Å². The molecule has 1 saturated carbocycles. The molecule has 1 aliphatic rings. The molecule has 100 valence electrons. The van der Waals surface area contributed by atoms with Crippen molar-refractivity contribution in [2.75, 3.05) is 13.7 Å². The molecular weight excluding hydrogens is 235 g/mol. The number of hydrogen-bond acceptors (Lipinski definition) is 3. The molecule has 0 radical (unpaired) electrons. The van der Waals surface area contributed by atoms with Gasteiger partial charge < -0.3 is 10.5 Å². The van der Waals surface area contributed by atoms with Gasteiger partial charge in [0.2, 0.25) is 0 Å². The fraction of sp³-hybridized carbons (Fsp3) is 0.909. The lowest BCUT2D eigenvalue weighted by Crippen LogP contribution is -2.40. The van der Waals surface area contributed by atoms with E-state index >= 15 is 0 Å². The van der Waals surface area contributed by atoms with Gasteiger partial charge in [-0.3, -0.25) is 4.79 Å². The lowest BCUT2D eigenvalue weighted by Gasteiger charge is -2.39. The predicted molar refractivity (Wildman–Crippen MR) is 56.1 cm³/mol. The largest absolute Gasteiger partial charge is 0.469 e. The second-order valence-electron chi connectivity index (χ2n) is 4.77. The lowest BCUT2D eigenvalue weighted by atomic mass is 9.68. The topological polar surface area (TPSA) is 52.3 Å². The first-order valence-electron chi connectivity index (χ1n) is 5.66. The van der Waals surface area contributed by atoms with E-state index in [0.717, 1.165) is 0 Å². The van der Waals surface area contributed by atoms with Gasteiger partial charge in [0.15, 0.2) is 0 Å². The molecule has 0 bridgehead atoms. The highest BCUT2D eigenvalue weighted by Gasteiger charge is 2.46. The number of halogens is 3. The average molecular weight is 253 g/mol. The molecule has 0 heterocycles. The third kappa shape index (κ3) is 3.59. The summed E-state index contributed by atoms with van der Waals surface area (Å²) in [5, 5.41) is 0. The highest BCUT2D eigenvalue weighted by molar-refractivity contribution is 5.70. The van der Waals surface area contributed by atoms with Gasteiger partial charge in [0, 0.05) is 0 Å². The van der Waals surface area contributed by atoms with Crippen molar-refractivity contribution in [3.63, 3.8) is 0 Å². The van der Waals surface area contributed by atoms with Crippen LogP contribution >= 0.6 is 0 Å². The SMILES string of the molecule is COC(=O)CC1(CN)CCC(C(F)(F)F)CC1. The standard InChI is InChI=1S/C11H18F3NO2/c1-17-9(16)6-10(7-15)4-2-8(3-5-10)11(12,13)14/h8H,2-7,15H2,1H3. The minimum absolute atomic E-state index is 0.0533. The summed E-state index contributed by atoms with van der Waals surface area (Å²) in [7, 11) is 1.27. The second-order valence-corrected chi connectivity index (χ2v) is 4.77. The number of ether oxygens (including phenoxy) is 1. The monoisotopic (exact) mass is 253 g/mol. The molecule has 1 fully saturated rings. The van der Waals surface area contributed by atoms with Gasteiger partial charge in [0.25, 0.3) is 0 Å². The number of alkyl halides is 3. The second kappa shape index (κ2) is 5.25. The van der Waals surface area contributed by atoms with Crippen molar-refractivity contribution >= 4 is 5.97 Å². The predicted octanol–water partition coefficient (Wildman–Crippen LogP) is 2.25. The van der Waals surface area contributed by atoms with E-state index in [0.29, 0.717) is 12.8 Å². The molecule has 3 nitrogen and oxygen atoms in total. The molecule has 0 saturated heterocycles. The molecule has 17 heavy (non-hydrogen) atoms. The quantitative estimate of drug-likeness (QED) is 0.785. The van der Waals surface area contributed by atoms with Crippen LogP contribution in [0.5, 0.6) is 0 Å². The van der Waals surface area contributed by atoms with E-state index < -0.39 is 23.5 Å². The van der Waals surface area contributed by atoms with Gasteiger partial charge in [-0.25, -0.2) is 0 Å². The Morgan fingerprint density at radius 2 is 1.94 bits per heavy atom. The van der Waals surface area contributed by atoms with E-state index in [-0.39, 0.29) is 25.8 Å². The molecule has 0 amide bonds. The van der Waals surface area contributed by atoms with Crippen LogP contribution in [0.25, 0.3) is 0 Å². The summed E-state index contributed by atoms with van der Waals surface area (Å²) in [6.45, 7) is 0.229. The number of rotatable bonds is 3. The zero-order valence-electron chi connectivity index (χ0n) is 9.85. The molecule has 1 aliphatic carbocycles. The average Bonchev–Trinajstić information content (AvgIpc) is 2.28. The minimum Gasteiger partial charge on any atom is -0.469 e. The molecule has 6 heteroatoms. The number of methoxy groups -OCH3 is 1. The number of esters is 1. The molecule has 0 aromatic rings. The third-order valence-electron chi connectivity index (χ3n) is 3.69. The maximum Gasteiger partial charge on any atom is 0.391 e. The fourth-order valence-corrected chi connectivity index (χ4v) is 2.39. The van der Waals surface area contributed by atoms with Crippen LogP contribution in [0.3, 0.4) is 0 Å². The third-order valence-corrected chi connectivity index (χ3v) is 3.69. The van der Waals surface area contributed by atoms with Crippen LogP contribution in [0.1, 0.15) is 32.1 Å². The van der Waals surface area contributed by atoms with Gasteiger partial charge in [0.05, 0.1) is 19.4 Å². The summed E-state index contributed by atoms with van der Waals surface area (Å²) in [4.78, 5) is 11.2. The van der Waals surface area contributed by atoms with Crippen LogP contribution in [0.15, 0.2) is 0 Å². The van der Waals surface area contributed by atoms with Gasteiger partial charge in [-0.2, -0.15) is 13.2 Å². The maximum atomic E-state index is 12.5. The summed E-state index contributed by atoms with van der Waals surface area (Å²) >= 11 is 0. The molecule has 0 aliphatic heterocycles. The maximum absolute atomic E-state index is 12.5. The van der Waals surface area contributed by atoms with Gasteiger partial charge in [0.1, 0.15) is 0 Å². The number of carbonyl (C=O) groups is 1. The van der Waals surface area contributed by atoms with Gasteiger partial charge >= 0.3 is 12.1 Å². The van der Waals surface area contributed by atoms with Crippen molar-refractivity contribution in [3.8, 4) is 0 Å². The number of hydrogen-bond donors (Lipinski definition) is 1. The molecular formula is C11H18F3NO2. The zero-order chi connectivity index (χ0) is 13.1. The highest BCUT2D eigenvalue weighted by atomic mass is 19.4. The van der Waals surface area contributed by atoms with E-state index in [2.05, 4.69) is 4.74 Å². The van der Waals surface area contributed by atoms with Crippen molar-refractivity contribution < 1.29 is 22.7 Å². The Morgan fingerprint density at radius 1 is 1.41 bits per heavy atom. The first-order valence-corrected chi connectivity index (χ1v) is 5.66. The summed E-state index contributed by atoms with van der Waals surface area (Å²) in [5.41, 5.74) is 5.10. The molecule has 0 unspecified atom stereocenters. The molecule has 0 atom stereocenters. The summed E-state index contributed by atoms with van der Waals surface area (Å²) in [6.07, 6.45) is -3.24. The van der Waals surface area contributed by atoms with Gasteiger partial charge in [-0.05, 0) is 37.6 Å². The first kappa shape index (κ1) is 14.3. The van der Waals surface area contributed by atoms with Crippen LogP contribution in [0, 0.1) is 11.3 Å². The Balaban J connectivity index is 2.60. The van der Waals surface area contributed by atoms with Crippen LogP contribution in [0.2, 0.25) is 0 Å². The molecule has 0 aromatic heterocycles. The lowest BCUT2D eigenvalue weighted by molar-refractivity contribution is -0.188. The van der Waals surface area contributed by atoms with Gasteiger partial charge in [-0.1, -0.05) is 0 Å². The van der Waals surface area contributed by atoms with Crippen molar-refractivity contribution in [2.24, 2.45) is 17.1 Å². The Kier molecular flexibility index (Phi) is 4.41. The summed E-state index contributed by atoms with van der Waals surface area (Å²) in [5.74, 6) is -1.65. The zero-order valence-corrected chi connectivity index (χ0v) is 9.85. The van der Waals surface area contributed by atoms with E-state index in [1.165, 1.54) is 7.11 Å². The van der Waals surface area contributed by atoms with E-state index in [1.54, 1.807) is 0 Å². The Labute approximate surface area is 98.5 Å². The summed E-state index contributed by atoms with van der Waals surface area (Å²) in [6, 6.07) is 0. The van der Waals surface area contributed by atoms with Gasteiger partial charge in [-0.15, -0.1) is 0 Å². The normalized spacial score (nSPS) is 30.1. The molecule has 0 aromatic carbocycles. The van der Waals surface area contributed by atoms with Crippen LogP contribution in [0.4, 0.5) is 13.2 Å². The fourth-order valence-electron chi connectivity index (χ4n) is 2.39. The van der Waals surface area contributed by atoms with E-state index in [4.69, 9.17) is 5.73 Å². The van der Waals surface area contributed by atoms with E-state index in [1.807, 2.05) is 0 Å². The van der Waals surface area contributed by atoms with E-state index in [9.17, 15) is 18.0 Å². The van der Waals surface area contributed by atoms with Crippen LogP contribution in [-0.4, -0.2) is 25.8 Å². The Hall–Kier alpha value is -0.780. The smallest absolute Gasteiger partial charge is 0.391 e. The molecule has 2 N–H and O–H groups in total. The summed E-state index contributed by atoms with van der Waals surface area (Å²) < 4.78 is 42.1. The van der Waals surface area contributed by atoms with Crippen molar-refractivity contribution in [3.05, 3.63) is 0 Å². The molecule has 0 spiro atoms. The first-order chi connectivity index (χ1) is 7.83.